The van der Waals surface area contributed by atoms with Gasteiger partial charge in [-0.15, -0.1) is 0 Å². The van der Waals surface area contributed by atoms with Crippen LogP contribution in [0.1, 0.15) is 5.56 Å². The van der Waals surface area contributed by atoms with Crippen LogP contribution in [-0.2, 0) is 13.0 Å². The van der Waals surface area contributed by atoms with Crippen LogP contribution in [0.3, 0.4) is 0 Å². The minimum absolute atomic E-state index is 0.847. The summed E-state index contributed by atoms with van der Waals surface area (Å²) in [5, 5.41) is 10.6. The topological polar surface area (TPSA) is 59.4 Å². The predicted octanol–water partition coefficient (Wildman–Crippen LogP) is 0.244. The zero-order valence-corrected chi connectivity index (χ0v) is 6.51. The van der Waals surface area contributed by atoms with Gasteiger partial charge < -0.3 is 0 Å². The molecule has 0 aliphatic heterocycles. The van der Waals surface area contributed by atoms with Crippen LogP contribution in [0.4, 0.5) is 0 Å². The Morgan fingerprint density at radius 2 is 2.50 bits per heavy atom. The van der Waals surface area contributed by atoms with E-state index in [1.54, 1.807) is 11.0 Å². The number of aromatic nitrogens is 5. The Hall–Kier alpha value is -1.65. The summed E-state index contributed by atoms with van der Waals surface area (Å²) in [6, 6.07) is 0. The number of nitrogens with one attached hydrogen (secondary N) is 1. The summed E-state index contributed by atoms with van der Waals surface area (Å²) in [7, 11) is 0. The van der Waals surface area contributed by atoms with Crippen molar-refractivity contribution in [3.05, 3.63) is 30.6 Å². The highest BCUT2D eigenvalue weighted by Gasteiger charge is 1.94. The smallest absolute Gasteiger partial charge is 0.137 e. The van der Waals surface area contributed by atoms with Crippen molar-refractivity contribution in [1.82, 2.24) is 25.0 Å². The van der Waals surface area contributed by atoms with Gasteiger partial charge in [0, 0.05) is 12.7 Å². The Kier molecular flexibility index (Phi) is 1.85. The minimum Gasteiger partial charge on any atom is -0.285 e. The molecule has 12 heavy (non-hydrogen) atoms. The van der Waals surface area contributed by atoms with Crippen molar-refractivity contribution in [2.45, 2.75) is 13.0 Å². The number of H-pyrrole nitrogens is 1. The van der Waals surface area contributed by atoms with Crippen LogP contribution in [0.2, 0.25) is 0 Å². The molecule has 0 spiro atoms. The fraction of sp³-hybridized carbons (Fsp3) is 0.286. The maximum Gasteiger partial charge on any atom is 0.137 e. The maximum absolute atomic E-state index is 3.99. The molecule has 0 unspecified atom stereocenters. The largest absolute Gasteiger partial charge is 0.285 e. The zero-order valence-electron chi connectivity index (χ0n) is 6.51. The van der Waals surface area contributed by atoms with Crippen LogP contribution in [0.15, 0.2) is 25.0 Å². The van der Waals surface area contributed by atoms with Gasteiger partial charge in [-0.2, -0.15) is 10.2 Å². The van der Waals surface area contributed by atoms with Crippen LogP contribution in [0.25, 0.3) is 0 Å². The Labute approximate surface area is 69.4 Å². The van der Waals surface area contributed by atoms with E-state index in [0.717, 1.165) is 13.0 Å². The average molecular weight is 163 g/mol. The molecule has 0 fully saturated rings. The van der Waals surface area contributed by atoms with E-state index < -0.39 is 0 Å². The molecule has 2 heterocycles. The van der Waals surface area contributed by atoms with Crippen molar-refractivity contribution in [2.75, 3.05) is 0 Å². The molecule has 0 saturated heterocycles. The van der Waals surface area contributed by atoms with Gasteiger partial charge in [0.15, 0.2) is 0 Å². The molecule has 0 radical (unpaired) electrons. The van der Waals surface area contributed by atoms with E-state index in [2.05, 4.69) is 20.3 Å². The average Bonchev–Trinajstić information content (AvgIpc) is 2.74. The van der Waals surface area contributed by atoms with Gasteiger partial charge in [-0.05, 0) is 12.0 Å². The summed E-state index contributed by atoms with van der Waals surface area (Å²) in [5.74, 6) is 0. The molecule has 62 valence electrons. The van der Waals surface area contributed by atoms with E-state index in [1.165, 1.54) is 11.9 Å². The van der Waals surface area contributed by atoms with Crippen LogP contribution >= 0.6 is 0 Å². The zero-order chi connectivity index (χ0) is 8.23. The van der Waals surface area contributed by atoms with E-state index in [1.807, 2.05) is 12.4 Å². The first-order chi connectivity index (χ1) is 5.95. The summed E-state index contributed by atoms with van der Waals surface area (Å²) in [6.45, 7) is 0.847. The minimum atomic E-state index is 0.847. The van der Waals surface area contributed by atoms with Gasteiger partial charge in [0.1, 0.15) is 12.7 Å². The number of aryl methyl sites for hydroxylation is 2. The number of nitrogens with zero attached hydrogens (tertiary/aromatic N) is 4. The third kappa shape index (κ3) is 1.50. The van der Waals surface area contributed by atoms with Gasteiger partial charge in [0.05, 0.1) is 6.20 Å². The van der Waals surface area contributed by atoms with Crippen molar-refractivity contribution in [3.8, 4) is 0 Å². The third-order valence-corrected chi connectivity index (χ3v) is 1.65. The summed E-state index contributed by atoms with van der Waals surface area (Å²) in [5.41, 5.74) is 1.19. The molecule has 2 rings (SSSR count). The molecule has 1 N–H and O–H groups in total. The second-order valence-electron chi connectivity index (χ2n) is 2.52. The highest BCUT2D eigenvalue weighted by molar-refractivity contribution is 5.01. The Morgan fingerprint density at radius 3 is 3.17 bits per heavy atom. The van der Waals surface area contributed by atoms with Crippen molar-refractivity contribution in [1.29, 1.82) is 0 Å². The summed E-state index contributed by atoms with van der Waals surface area (Å²) < 4.78 is 1.80. The van der Waals surface area contributed by atoms with E-state index in [4.69, 9.17) is 0 Å². The first-order valence-corrected chi connectivity index (χ1v) is 3.75. The second kappa shape index (κ2) is 3.17. The quantitative estimate of drug-likeness (QED) is 0.705. The lowest BCUT2D eigenvalue weighted by Crippen LogP contribution is -2.00. The molecule has 0 bridgehead atoms. The predicted molar refractivity (Wildman–Crippen MR) is 42.3 cm³/mol. The lowest BCUT2D eigenvalue weighted by Gasteiger charge is -1.96. The SMILES string of the molecule is c1ncn(CCc2cn[nH]c2)n1. The highest BCUT2D eigenvalue weighted by atomic mass is 15.3. The molecule has 5 nitrogen and oxygen atoms in total. The van der Waals surface area contributed by atoms with Gasteiger partial charge in [0.2, 0.25) is 0 Å². The van der Waals surface area contributed by atoms with Gasteiger partial charge in [-0.25, -0.2) is 4.98 Å². The molecule has 0 amide bonds. The van der Waals surface area contributed by atoms with Crippen molar-refractivity contribution < 1.29 is 0 Å². The van der Waals surface area contributed by atoms with Crippen LogP contribution in [0.5, 0.6) is 0 Å². The monoisotopic (exact) mass is 163 g/mol. The molecule has 0 aromatic carbocycles. The Balaban J connectivity index is 1.91. The van der Waals surface area contributed by atoms with E-state index >= 15 is 0 Å². The number of hydrogen-bond acceptors (Lipinski definition) is 3. The lowest BCUT2D eigenvalue weighted by atomic mass is 10.3. The van der Waals surface area contributed by atoms with Crippen molar-refractivity contribution >= 4 is 0 Å². The van der Waals surface area contributed by atoms with Crippen LogP contribution in [-0.4, -0.2) is 25.0 Å². The Bertz CT molecular complexity index is 275. The molecular weight excluding hydrogens is 154 g/mol. The third-order valence-electron chi connectivity index (χ3n) is 1.65. The number of rotatable bonds is 3. The number of hydrogen-bond donors (Lipinski definition) is 1. The summed E-state index contributed by atoms with van der Waals surface area (Å²) >= 11 is 0. The lowest BCUT2D eigenvalue weighted by molar-refractivity contribution is 0.613. The molecule has 0 atom stereocenters. The molecule has 0 aliphatic carbocycles. The van der Waals surface area contributed by atoms with Gasteiger partial charge >= 0.3 is 0 Å². The number of aromatic amines is 1. The van der Waals surface area contributed by atoms with Gasteiger partial charge in [-0.1, -0.05) is 0 Å². The fourth-order valence-electron chi connectivity index (χ4n) is 1.01. The molecular formula is C7H9N5. The second-order valence-corrected chi connectivity index (χ2v) is 2.52. The first-order valence-electron chi connectivity index (χ1n) is 3.75. The fourth-order valence-corrected chi connectivity index (χ4v) is 1.01. The van der Waals surface area contributed by atoms with Crippen molar-refractivity contribution in [3.63, 3.8) is 0 Å². The normalized spacial score (nSPS) is 10.3. The Morgan fingerprint density at radius 1 is 1.50 bits per heavy atom. The first kappa shape index (κ1) is 7.02. The molecule has 0 aliphatic rings. The maximum atomic E-state index is 3.99. The van der Waals surface area contributed by atoms with Gasteiger partial charge in [-0.3, -0.25) is 9.78 Å². The molecule has 0 saturated carbocycles. The highest BCUT2D eigenvalue weighted by Crippen LogP contribution is 1.96. The molecule has 2 aromatic rings. The molecule has 2 aromatic heterocycles. The van der Waals surface area contributed by atoms with E-state index in [9.17, 15) is 0 Å². The summed E-state index contributed by atoms with van der Waals surface area (Å²) in [6.07, 6.45) is 7.88. The van der Waals surface area contributed by atoms with Crippen LogP contribution in [0, 0.1) is 0 Å². The summed E-state index contributed by atoms with van der Waals surface area (Å²) in [4.78, 5) is 3.85. The molecule has 5 heteroatoms. The van der Waals surface area contributed by atoms with E-state index in [-0.39, 0.29) is 0 Å². The van der Waals surface area contributed by atoms with Gasteiger partial charge in [0.25, 0.3) is 0 Å². The van der Waals surface area contributed by atoms with E-state index in [0.29, 0.717) is 0 Å². The van der Waals surface area contributed by atoms with Crippen LogP contribution < -0.4 is 0 Å². The van der Waals surface area contributed by atoms with Crippen molar-refractivity contribution in [2.24, 2.45) is 0 Å². The standard InChI is InChI=1S/C7H9N5/c1(7-3-9-10-4-7)2-12-6-8-5-11-12/h3-6H,1-2H2,(H,9,10).